The Hall–Kier alpha value is 0.110. The van der Waals surface area contributed by atoms with Crippen LogP contribution in [-0.2, 0) is 9.59 Å². The molecule has 8 heteroatoms. The minimum absolute atomic E-state index is 0.307. The lowest BCUT2D eigenvalue weighted by molar-refractivity contribution is -0.138. The summed E-state index contributed by atoms with van der Waals surface area (Å²) in [5, 5.41) is 8.21. The highest BCUT2D eigenvalue weighted by atomic mass is 33.1. The standard InChI is InChI=1S/C8H16N2O3S3/c9-5(7(11)12)1-3-15-16-4-2-6(10)8(13)14/h5-6H,1-4,9-10H2,(H,11,12)(H,13,14)/t5-,6-/m0/s1. The van der Waals surface area contributed by atoms with Crippen LogP contribution < -0.4 is 11.5 Å². The first-order chi connectivity index (χ1) is 7.45. The van der Waals surface area contributed by atoms with Gasteiger partial charge in [0.1, 0.15) is 6.04 Å². The fraction of sp³-hybridized carbons (Fsp3) is 0.750. The van der Waals surface area contributed by atoms with Crippen LogP contribution in [0.1, 0.15) is 12.8 Å². The number of carboxylic acid groups (broad SMARTS) is 1. The first-order valence-corrected chi connectivity index (χ1v) is 7.60. The lowest BCUT2D eigenvalue weighted by atomic mass is 10.2. The van der Waals surface area contributed by atoms with Crippen molar-refractivity contribution >= 4 is 45.3 Å². The molecular formula is C8H16N2O3S3. The van der Waals surface area contributed by atoms with Crippen LogP contribution in [0.25, 0.3) is 0 Å². The molecule has 0 unspecified atom stereocenters. The second-order valence-corrected chi connectivity index (χ2v) is 6.25. The third kappa shape index (κ3) is 8.28. The molecule has 0 spiro atoms. The lowest BCUT2D eigenvalue weighted by Gasteiger charge is -2.07. The summed E-state index contributed by atoms with van der Waals surface area (Å²) in [6, 6.07) is -1.31. The second-order valence-electron chi connectivity index (χ2n) is 3.11. The number of nitrogens with two attached hydrogens (primary N) is 2. The summed E-state index contributed by atoms with van der Waals surface area (Å²) in [7, 11) is 3.09. The third-order valence-electron chi connectivity index (χ3n) is 1.74. The van der Waals surface area contributed by atoms with Gasteiger partial charge in [-0.2, -0.15) is 0 Å². The van der Waals surface area contributed by atoms with E-state index in [9.17, 15) is 9.59 Å². The summed E-state index contributed by atoms with van der Waals surface area (Å²) in [6.07, 6.45) is 1.01. The predicted molar refractivity (Wildman–Crippen MR) is 71.7 cm³/mol. The summed E-state index contributed by atoms with van der Waals surface area (Å²) < 4.78 is 0. The topological polar surface area (TPSA) is 106 Å². The molecule has 2 atom stereocenters. The molecule has 0 aliphatic carbocycles. The maximum absolute atomic E-state index is 10.7. The van der Waals surface area contributed by atoms with Gasteiger partial charge in [0, 0.05) is 11.5 Å². The van der Waals surface area contributed by atoms with Gasteiger partial charge in [0.2, 0.25) is 5.12 Å². The minimum atomic E-state index is -0.978. The smallest absolute Gasteiger partial charge is 0.320 e. The van der Waals surface area contributed by atoms with Crippen molar-refractivity contribution in [2.75, 3.05) is 11.5 Å². The fourth-order valence-corrected chi connectivity index (χ4v) is 3.06. The van der Waals surface area contributed by atoms with Gasteiger partial charge < -0.3 is 16.6 Å². The van der Waals surface area contributed by atoms with Crippen LogP contribution in [0.5, 0.6) is 0 Å². The van der Waals surface area contributed by atoms with Gasteiger partial charge in [-0.1, -0.05) is 21.6 Å². The van der Waals surface area contributed by atoms with E-state index in [0.717, 1.165) is 5.75 Å². The van der Waals surface area contributed by atoms with Gasteiger partial charge in [0.25, 0.3) is 0 Å². The van der Waals surface area contributed by atoms with Gasteiger partial charge in [-0.25, -0.2) is 0 Å². The van der Waals surface area contributed by atoms with Crippen LogP contribution in [0.15, 0.2) is 0 Å². The Morgan fingerprint density at radius 3 is 1.94 bits per heavy atom. The van der Waals surface area contributed by atoms with E-state index in [-0.39, 0.29) is 5.12 Å². The van der Waals surface area contributed by atoms with Crippen molar-refractivity contribution in [1.29, 1.82) is 0 Å². The zero-order chi connectivity index (χ0) is 12.6. The van der Waals surface area contributed by atoms with Gasteiger partial charge >= 0.3 is 5.97 Å². The molecule has 0 bridgehead atoms. The molecule has 0 amide bonds. The van der Waals surface area contributed by atoms with E-state index in [1.165, 1.54) is 10.8 Å². The van der Waals surface area contributed by atoms with Gasteiger partial charge in [0.15, 0.2) is 0 Å². The van der Waals surface area contributed by atoms with E-state index >= 15 is 0 Å². The Morgan fingerprint density at radius 1 is 1.12 bits per heavy atom. The molecule has 0 rings (SSSR count). The summed E-state index contributed by atoms with van der Waals surface area (Å²) in [4.78, 5) is 21.0. The molecule has 0 aromatic heterocycles. The van der Waals surface area contributed by atoms with Crippen LogP contribution in [0, 0.1) is 0 Å². The highest BCUT2D eigenvalue weighted by Gasteiger charge is 2.11. The summed E-state index contributed by atoms with van der Waals surface area (Å²) in [5.74, 6) is 0.427. The van der Waals surface area contributed by atoms with Crippen LogP contribution in [0.4, 0.5) is 0 Å². The van der Waals surface area contributed by atoms with E-state index in [4.69, 9.17) is 16.6 Å². The molecule has 0 saturated heterocycles. The average Bonchev–Trinajstić information content (AvgIpc) is 2.21. The van der Waals surface area contributed by atoms with Crippen molar-refractivity contribution < 1.29 is 14.7 Å². The zero-order valence-electron chi connectivity index (χ0n) is 8.67. The number of hydrogen-bond acceptors (Lipinski definition) is 6. The molecule has 0 aromatic rings. The van der Waals surface area contributed by atoms with E-state index in [1.54, 1.807) is 10.8 Å². The Morgan fingerprint density at radius 2 is 1.56 bits per heavy atom. The molecule has 5 N–H and O–H groups in total. The number of thiol groups is 1. The van der Waals surface area contributed by atoms with E-state index < -0.39 is 18.1 Å². The molecule has 0 fully saturated rings. The molecule has 0 heterocycles. The number of carbonyl (C=O) groups excluding carboxylic acids is 1. The molecule has 16 heavy (non-hydrogen) atoms. The molecule has 0 radical (unpaired) electrons. The minimum Gasteiger partial charge on any atom is -0.480 e. The van der Waals surface area contributed by atoms with Crippen molar-refractivity contribution in [2.45, 2.75) is 24.9 Å². The van der Waals surface area contributed by atoms with Gasteiger partial charge in [-0.15, -0.1) is 12.6 Å². The molecule has 0 aliphatic rings. The maximum atomic E-state index is 10.7. The quantitative estimate of drug-likeness (QED) is 0.275. The molecule has 0 saturated carbocycles. The van der Waals surface area contributed by atoms with E-state index in [2.05, 4.69) is 12.6 Å². The molecule has 0 aromatic carbocycles. The number of carbonyl (C=O) groups is 2. The Labute approximate surface area is 108 Å². The monoisotopic (exact) mass is 284 g/mol. The molecule has 94 valence electrons. The van der Waals surface area contributed by atoms with Gasteiger partial charge in [0.05, 0.1) is 6.04 Å². The average molecular weight is 284 g/mol. The SMILES string of the molecule is N[C@@H](CCSSCC[C@H](N)C(=O)S)C(=O)O. The van der Waals surface area contributed by atoms with Crippen molar-refractivity contribution in [3.63, 3.8) is 0 Å². The number of carboxylic acids is 1. The maximum Gasteiger partial charge on any atom is 0.320 e. The largest absolute Gasteiger partial charge is 0.480 e. The highest BCUT2D eigenvalue weighted by Crippen LogP contribution is 2.23. The normalized spacial score (nSPS) is 14.4. The van der Waals surface area contributed by atoms with Crippen LogP contribution in [0.2, 0.25) is 0 Å². The van der Waals surface area contributed by atoms with Crippen LogP contribution >= 0.6 is 34.2 Å². The van der Waals surface area contributed by atoms with Crippen molar-refractivity contribution in [1.82, 2.24) is 0 Å². The Balaban J connectivity index is 3.34. The zero-order valence-corrected chi connectivity index (χ0v) is 11.2. The van der Waals surface area contributed by atoms with Gasteiger partial charge in [-0.05, 0) is 12.8 Å². The lowest BCUT2D eigenvalue weighted by Crippen LogP contribution is -2.30. The predicted octanol–water partition coefficient (Wildman–Crippen LogP) is 0.344. The highest BCUT2D eigenvalue weighted by molar-refractivity contribution is 8.76. The Bertz CT molecular complexity index is 217. The van der Waals surface area contributed by atoms with Gasteiger partial charge in [-0.3, -0.25) is 9.59 Å². The first kappa shape index (κ1) is 16.1. The number of rotatable bonds is 9. The van der Waals surface area contributed by atoms with E-state index in [0.29, 0.717) is 18.6 Å². The van der Waals surface area contributed by atoms with Crippen LogP contribution in [0.3, 0.4) is 0 Å². The molecule has 0 aliphatic heterocycles. The second kappa shape index (κ2) is 9.17. The molecule has 5 nitrogen and oxygen atoms in total. The number of aliphatic carboxylic acids is 1. The molecular weight excluding hydrogens is 268 g/mol. The Kier molecular flexibility index (Phi) is 9.24. The summed E-state index contributed by atoms with van der Waals surface area (Å²) in [5.41, 5.74) is 10.8. The van der Waals surface area contributed by atoms with Crippen LogP contribution in [-0.4, -0.2) is 39.8 Å². The summed E-state index contributed by atoms with van der Waals surface area (Å²) in [6.45, 7) is 0. The van der Waals surface area contributed by atoms with Crippen molar-refractivity contribution in [3.05, 3.63) is 0 Å². The number of hydrogen-bond donors (Lipinski definition) is 4. The van der Waals surface area contributed by atoms with E-state index in [1.807, 2.05) is 0 Å². The summed E-state index contributed by atoms with van der Waals surface area (Å²) >= 11 is 3.62. The fourth-order valence-electron chi connectivity index (χ4n) is 0.715. The first-order valence-electron chi connectivity index (χ1n) is 4.66. The van der Waals surface area contributed by atoms with Crippen molar-refractivity contribution in [3.8, 4) is 0 Å². The van der Waals surface area contributed by atoms with Crippen molar-refractivity contribution in [2.24, 2.45) is 11.5 Å². The third-order valence-corrected chi connectivity index (χ3v) is 4.55.